The number of hydrogen-bond acceptors (Lipinski definition) is 2. The molecule has 0 radical (unpaired) electrons. The summed E-state index contributed by atoms with van der Waals surface area (Å²) in [6.07, 6.45) is 0. The van der Waals surface area contributed by atoms with Gasteiger partial charge in [0.25, 0.3) is 0 Å². The van der Waals surface area contributed by atoms with Crippen LogP contribution >= 0.6 is 11.3 Å². The maximum atomic E-state index is 3.56. The van der Waals surface area contributed by atoms with Gasteiger partial charge >= 0.3 is 0 Å². The highest BCUT2D eigenvalue weighted by atomic mass is 32.1. The fourth-order valence-electron chi connectivity index (χ4n) is 3.38. The topological polar surface area (TPSA) is 12.0 Å². The second-order valence-electron chi connectivity index (χ2n) is 6.38. The molecule has 26 heavy (non-hydrogen) atoms. The minimum Gasteiger partial charge on any atom is -0.355 e. The predicted octanol–water partition coefficient (Wildman–Crippen LogP) is 7.47. The highest BCUT2D eigenvalue weighted by molar-refractivity contribution is 7.25. The second-order valence-corrected chi connectivity index (χ2v) is 7.46. The predicted molar refractivity (Wildman–Crippen MR) is 114 cm³/mol. The molecular weight excluding hydrogens is 334 g/mol. The molecular formula is C24H17NS. The molecule has 0 amide bonds. The Labute approximate surface area is 156 Å². The van der Waals surface area contributed by atoms with Crippen LogP contribution in [0.1, 0.15) is 0 Å². The van der Waals surface area contributed by atoms with Gasteiger partial charge in [-0.05, 0) is 41.5 Å². The lowest BCUT2D eigenvalue weighted by molar-refractivity contribution is 1.56. The number of anilines is 2. The molecule has 0 spiro atoms. The van der Waals surface area contributed by atoms with Gasteiger partial charge in [0.15, 0.2) is 0 Å². The Morgan fingerprint density at radius 1 is 0.500 bits per heavy atom. The third-order valence-corrected chi connectivity index (χ3v) is 5.77. The van der Waals surface area contributed by atoms with Crippen LogP contribution in [0.5, 0.6) is 0 Å². The van der Waals surface area contributed by atoms with E-state index in [-0.39, 0.29) is 0 Å². The Morgan fingerprint density at radius 3 is 2.15 bits per heavy atom. The molecule has 0 saturated carbocycles. The van der Waals surface area contributed by atoms with Gasteiger partial charge in [-0.1, -0.05) is 66.7 Å². The maximum absolute atomic E-state index is 3.56. The molecule has 0 saturated heterocycles. The molecule has 0 fully saturated rings. The summed E-state index contributed by atoms with van der Waals surface area (Å²) >= 11 is 1.85. The van der Waals surface area contributed by atoms with Crippen molar-refractivity contribution in [3.05, 3.63) is 97.1 Å². The number of thiophene rings is 1. The summed E-state index contributed by atoms with van der Waals surface area (Å²) in [5, 5.41) is 6.22. The van der Waals surface area contributed by atoms with E-state index >= 15 is 0 Å². The molecule has 0 unspecified atom stereocenters. The van der Waals surface area contributed by atoms with Crippen molar-refractivity contribution in [1.82, 2.24) is 0 Å². The van der Waals surface area contributed by atoms with E-state index in [0.717, 1.165) is 11.4 Å². The van der Waals surface area contributed by atoms with E-state index in [1.54, 1.807) is 0 Å². The Kier molecular flexibility index (Phi) is 3.69. The van der Waals surface area contributed by atoms with Crippen molar-refractivity contribution in [2.75, 3.05) is 5.32 Å². The van der Waals surface area contributed by atoms with Crippen LogP contribution in [0.15, 0.2) is 97.1 Å². The minimum atomic E-state index is 1.10. The van der Waals surface area contributed by atoms with Crippen LogP contribution in [-0.4, -0.2) is 0 Å². The largest absolute Gasteiger partial charge is 0.355 e. The van der Waals surface area contributed by atoms with Crippen molar-refractivity contribution in [3.8, 4) is 11.1 Å². The van der Waals surface area contributed by atoms with E-state index in [4.69, 9.17) is 0 Å². The van der Waals surface area contributed by atoms with Crippen LogP contribution in [0.2, 0.25) is 0 Å². The lowest BCUT2D eigenvalue weighted by atomic mass is 10.1. The quantitative estimate of drug-likeness (QED) is 0.355. The van der Waals surface area contributed by atoms with E-state index < -0.39 is 0 Å². The average molecular weight is 351 g/mol. The molecule has 0 aliphatic rings. The van der Waals surface area contributed by atoms with Crippen molar-refractivity contribution < 1.29 is 0 Å². The fraction of sp³-hybridized carbons (Fsp3) is 0. The van der Waals surface area contributed by atoms with Gasteiger partial charge in [-0.15, -0.1) is 11.3 Å². The smallest absolute Gasteiger partial charge is 0.0398 e. The van der Waals surface area contributed by atoms with Gasteiger partial charge < -0.3 is 5.32 Å². The minimum absolute atomic E-state index is 1.10. The first-order valence-corrected chi connectivity index (χ1v) is 9.52. The normalized spacial score (nSPS) is 11.1. The molecule has 1 heterocycles. The van der Waals surface area contributed by atoms with Gasteiger partial charge in [0, 0.05) is 31.5 Å². The Bertz CT molecular complexity index is 1200. The molecule has 0 aliphatic carbocycles. The summed E-state index contributed by atoms with van der Waals surface area (Å²) in [4.78, 5) is 0. The molecule has 5 aromatic rings. The molecule has 1 aromatic heterocycles. The monoisotopic (exact) mass is 351 g/mol. The fourth-order valence-corrected chi connectivity index (χ4v) is 4.52. The van der Waals surface area contributed by atoms with Crippen LogP contribution in [0.3, 0.4) is 0 Å². The second kappa shape index (κ2) is 6.32. The number of fused-ring (bicyclic) bond motifs is 3. The Hall–Kier alpha value is -3.10. The standard InChI is InChI=1S/C24H17NS/c1-2-7-17(8-3-1)18-9-6-10-19(15-18)25-20-13-14-22-21-11-4-5-12-23(21)26-24(22)16-20/h1-16,25H. The molecule has 5 rings (SSSR count). The van der Waals surface area contributed by atoms with Crippen LogP contribution < -0.4 is 5.32 Å². The maximum Gasteiger partial charge on any atom is 0.0398 e. The SMILES string of the molecule is c1ccc(-c2cccc(Nc3ccc4c(c3)sc3ccccc34)c2)cc1. The van der Waals surface area contributed by atoms with E-state index in [9.17, 15) is 0 Å². The molecule has 0 bridgehead atoms. The molecule has 0 atom stereocenters. The average Bonchev–Trinajstić information content (AvgIpc) is 3.07. The zero-order valence-corrected chi connectivity index (χ0v) is 15.0. The summed E-state index contributed by atoms with van der Waals surface area (Å²) in [5.74, 6) is 0. The first-order chi connectivity index (χ1) is 12.9. The molecule has 1 N–H and O–H groups in total. The van der Waals surface area contributed by atoms with Crippen LogP contribution in [-0.2, 0) is 0 Å². The lowest BCUT2D eigenvalue weighted by Crippen LogP contribution is -1.90. The lowest BCUT2D eigenvalue weighted by Gasteiger charge is -2.09. The third-order valence-electron chi connectivity index (χ3n) is 4.64. The molecule has 0 aliphatic heterocycles. The van der Waals surface area contributed by atoms with Gasteiger partial charge in [-0.2, -0.15) is 0 Å². The van der Waals surface area contributed by atoms with Crippen LogP contribution in [0.4, 0.5) is 11.4 Å². The van der Waals surface area contributed by atoms with Gasteiger partial charge in [0.05, 0.1) is 0 Å². The molecule has 124 valence electrons. The van der Waals surface area contributed by atoms with E-state index in [1.807, 2.05) is 17.4 Å². The van der Waals surface area contributed by atoms with Gasteiger partial charge in [-0.25, -0.2) is 0 Å². The third kappa shape index (κ3) is 2.75. The zero-order valence-electron chi connectivity index (χ0n) is 14.1. The summed E-state index contributed by atoms with van der Waals surface area (Å²) in [6.45, 7) is 0. The summed E-state index contributed by atoms with van der Waals surface area (Å²) in [7, 11) is 0. The number of rotatable bonds is 3. The van der Waals surface area contributed by atoms with Crippen molar-refractivity contribution in [2.45, 2.75) is 0 Å². The summed E-state index contributed by atoms with van der Waals surface area (Å²) < 4.78 is 2.65. The first-order valence-electron chi connectivity index (χ1n) is 8.71. The highest BCUT2D eigenvalue weighted by Gasteiger charge is 2.06. The summed E-state index contributed by atoms with van der Waals surface area (Å²) in [6, 6.07) is 34.3. The molecule has 4 aromatic carbocycles. The van der Waals surface area contributed by atoms with Crippen molar-refractivity contribution in [3.63, 3.8) is 0 Å². The van der Waals surface area contributed by atoms with Crippen molar-refractivity contribution in [1.29, 1.82) is 0 Å². The number of nitrogens with one attached hydrogen (secondary N) is 1. The van der Waals surface area contributed by atoms with Crippen LogP contribution in [0.25, 0.3) is 31.3 Å². The molecule has 2 heteroatoms. The van der Waals surface area contributed by atoms with E-state index in [0.29, 0.717) is 0 Å². The molecule has 1 nitrogen and oxygen atoms in total. The van der Waals surface area contributed by atoms with Gasteiger partial charge in [-0.3, -0.25) is 0 Å². The summed E-state index contributed by atoms with van der Waals surface area (Å²) in [5.41, 5.74) is 4.68. The van der Waals surface area contributed by atoms with E-state index in [2.05, 4.69) is 96.3 Å². The highest BCUT2D eigenvalue weighted by Crippen LogP contribution is 2.35. The van der Waals surface area contributed by atoms with Gasteiger partial charge in [0.1, 0.15) is 0 Å². The Morgan fingerprint density at radius 2 is 1.23 bits per heavy atom. The zero-order chi connectivity index (χ0) is 17.3. The van der Waals surface area contributed by atoms with Crippen molar-refractivity contribution in [2.24, 2.45) is 0 Å². The van der Waals surface area contributed by atoms with Crippen molar-refractivity contribution >= 4 is 42.9 Å². The number of benzene rings is 4. The first kappa shape index (κ1) is 15.2. The van der Waals surface area contributed by atoms with Gasteiger partial charge in [0.2, 0.25) is 0 Å². The van der Waals surface area contributed by atoms with Crippen LogP contribution in [0, 0.1) is 0 Å². The number of hydrogen-bond donors (Lipinski definition) is 1. The Balaban J connectivity index is 1.50. The van der Waals surface area contributed by atoms with E-state index in [1.165, 1.54) is 31.3 Å².